The molecule has 1 fully saturated rings. The van der Waals surface area contributed by atoms with Gasteiger partial charge in [-0.05, 0) is 24.5 Å². The van der Waals surface area contributed by atoms with Crippen molar-refractivity contribution in [1.29, 1.82) is 0 Å². The molecule has 14 heavy (non-hydrogen) atoms. The molecule has 0 aliphatic carbocycles. The van der Waals surface area contributed by atoms with Gasteiger partial charge in [-0.3, -0.25) is 4.79 Å². The molecule has 1 atom stereocenters. The predicted molar refractivity (Wildman–Crippen MR) is 54.1 cm³/mol. The molecule has 0 radical (unpaired) electrons. The molecule has 1 aliphatic rings. The summed E-state index contributed by atoms with van der Waals surface area (Å²) in [5.74, 6) is 0.262. The minimum absolute atomic E-state index is 0.109. The fourth-order valence-electron chi connectivity index (χ4n) is 1.65. The van der Waals surface area contributed by atoms with E-state index in [0.717, 1.165) is 24.9 Å². The molecule has 2 rings (SSSR count). The van der Waals surface area contributed by atoms with Crippen molar-refractivity contribution in [2.75, 3.05) is 6.54 Å². The summed E-state index contributed by atoms with van der Waals surface area (Å²) in [6, 6.07) is 3.67. The Balaban J connectivity index is 2.03. The van der Waals surface area contributed by atoms with E-state index in [1.165, 1.54) is 0 Å². The Labute approximate surface area is 87.5 Å². The summed E-state index contributed by atoms with van der Waals surface area (Å²) in [5, 5.41) is 3.31. The Bertz CT molecular complexity index is 336. The highest BCUT2D eigenvalue weighted by Gasteiger charge is 2.23. The number of amides is 1. The average molecular weight is 211 g/mol. The lowest BCUT2D eigenvalue weighted by molar-refractivity contribution is -0.122. The van der Waals surface area contributed by atoms with Crippen LogP contribution in [-0.4, -0.2) is 17.4 Å². The van der Waals surface area contributed by atoms with E-state index >= 15 is 0 Å². The first kappa shape index (κ1) is 9.46. The molecule has 2 heterocycles. The lowest BCUT2D eigenvalue weighted by atomic mass is 9.99. The maximum atomic E-state index is 11.3. The summed E-state index contributed by atoms with van der Waals surface area (Å²) in [7, 11) is 0. The van der Waals surface area contributed by atoms with Crippen molar-refractivity contribution in [2.45, 2.75) is 12.8 Å². The maximum Gasteiger partial charge on any atom is 0.223 e. The van der Waals surface area contributed by atoms with Crippen LogP contribution < -0.4 is 5.32 Å². The number of rotatable bonds is 2. The largest absolute Gasteiger partial charge is 0.356 e. The molecule has 1 amide bonds. The zero-order valence-electron chi connectivity index (χ0n) is 7.66. The number of nitrogens with one attached hydrogen (secondary N) is 1. The van der Waals surface area contributed by atoms with E-state index in [1.54, 1.807) is 12.3 Å². The molecule has 1 aliphatic heterocycles. The van der Waals surface area contributed by atoms with E-state index in [1.807, 2.05) is 6.07 Å². The van der Waals surface area contributed by atoms with Crippen molar-refractivity contribution in [2.24, 2.45) is 5.92 Å². The third-order valence-electron chi connectivity index (χ3n) is 2.43. The van der Waals surface area contributed by atoms with Crippen molar-refractivity contribution in [3.8, 4) is 0 Å². The van der Waals surface area contributed by atoms with Crippen LogP contribution in [0.1, 0.15) is 12.0 Å². The second-order valence-electron chi connectivity index (χ2n) is 3.47. The van der Waals surface area contributed by atoms with Gasteiger partial charge in [0.1, 0.15) is 5.15 Å². The standard InChI is InChI=1S/C10H11ClN2O/c11-9-2-1-7(6-13-9)5-8-3-4-12-10(8)14/h1-2,6,8H,3-5H2,(H,12,14)/t8-/m0/s1. The molecule has 74 valence electrons. The van der Waals surface area contributed by atoms with Gasteiger partial charge in [0.15, 0.2) is 0 Å². The van der Waals surface area contributed by atoms with Crippen molar-refractivity contribution in [3.63, 3.8) is 0 Å². The van der Waals surface area contributed by atoms with Crippen molar-refractivity contribution >= 4 is 17.5 Å². The first-order chi connectivity index (χ1) is 6.75. The molecule has 1 aromatic rings. The Morgan fingerprint density at radius 1 is 1.57 bits per heavy atom. The number of halogens is 1. The molecule has 3 nitrogen and oxygen atoms in total. The SMILES string of the molecule is O=C1NCC[C@H]1Cc1ccc(Cl)nc1. The molecule has 1 N–H and O–H groups in total. The summed E-state index contributed by atoms with van der Waals surface area (Å²) in [4.78, 5) is 15.3. The highest BCUT2D eigenvalue weighted by atomic mass is 35.5. The first-order valence-electron chi connectivity index (χ1n) is 4.64. The Morgan fingerprint density at radius 2 is 2.43 bits per heavy atom. The van der Waals surface area contributed by atoms with Gasteiger partial charge in [0.2, 0.25) is 5.91 Å². The number of pyridine rings is 1. The van der Waals surface area contributed by atoms with Gasteiger partial charge < -0.3 is 5.32 Å². The highest BCUT2D eigenvalue weighted by molar-refractivity contribution is 6.29. The third kappa shape index (κ3) is 2.04. The summed E-state index contributed by atoms with van der Waals surface area (Å²) in [5.41, 5.74) is 1.07. The maximum absolute atomic E-state index is 11.3. The molecule has 0 unspecified atom stereocenters. The second kappa shape index (κ2) is 3.96. The number of carbonyl (C=O) groups is 1. The van der Waals surface area contributed by atoms with Crippen LogP contribution in [0.25, 0.3) is 0 Å². The molecular formula is C10H11ClN2O. The number of hydrogen-bond acceptors (Lipinski definition) is 2. The number of nitrogens with zero attached hydrogens (tertiary/aromatic N) is 1. The zero-order chi connectivity index (χ0) is 9.97. The number of hydrogen-bond donors (Lipinski definition) is 1. The molecule has 0 bridgehead atoms. The average Bonchev–Trinajstić information content (AvgIpc) is 2.56. The van der Waals surface area contributed by atoms with E-state index in [-0.39, 0.29) is 11.8 Å². The van der Waals surface area contributed by atoms with Crippen LogP contribution in [-0.2, 0) is 11.2 Å². The highest BCUT2D eigenvalue weighted by Crippen LogP contribution is 2.16. The van der Waals surface area contributed by atoms with Crippen LogP contribution in [0.15, 0.2) is 18.3 Å². The lowest BCUT2D eigenvalue weighted by Gasteiger charge is -2.05. The van der Waals surface area contributed by atoms with Gasteiger partial charge in [0.25, 0.3) is 0 Å². The van der Waals surface area contributed by atoms with E-state index in [2.05, 4.69) is 10.3 Å². The fraction of sp³-hybridized carbons (Fsp3) is 0.400. The smallest absolute Gasteiger partial charge is 0.223 e. The van der Waals surface area contributed by atoms with Gasteiger partial charge in [0.05, 0.1) is 0 Å². The van der Waals surface area contributed by atoms with Gasteiger partial charge in [-0.1, -0.05) is 17.7 Å². The Morgan fingerprint density at radius 3 is 3.00 bits per heavy atom. The summed E-state index contributed by atoms with van der Waals surface area (Å²) < 4.78 is 0. The van der Waals surface area contributed by atoms with Crippen molar-refractivity contribution < 1.29 is 4.79 Å². The van der Waals surface area contributed by atoms with E-state index < -0.39 is 0 Å². The third-order valence-corrected chi connectivity index (χ3v) is 2.66. The molecular weight excluding hydrogens is 200 g/mol. The van der Waals surface area contributed by atoms with Crippen LogP contribution in [0, 0.1) is 5.92 Å². The van der Waals surface area contributed by atoms with Crippen LogP contribution in [0.5, 0.6) is 0 Å². The van der Waals surface area contributed by atoms with Crippen LogP contribution in [0.3, 0.4) is 0 Å². The number of carbonyl (C=O) groups excluding carboxylic acids is 1. The molecule has 0 spiro atoms. The van der Waals surface area contributed by atoms with Gasteiger partial charge in [0, 0.05) is 18.7 Å². The molecule has 1 saturated heterocycles. The second-order valence-corrected chi connectivity index (χ2v) is 3.86. The summed E-state index contributed by atoms with van der Waals surface area (Å²) in [6.45, 7) is 0.796. The van der Waals surface area contributed by atoms with Crippen molar-refractivity contribution in [3.05, 3.63) is 29.0 Å². The van der Waals surface area contributed by atoms with Gasteiger partial charge >= 0.3 is 0 Å². The van der Waals surface area contributed by atoms with Gasteiger partial charge in [-0.15, -0.1) is 0 Å². The first-order valence-corrected chi connectivity index (χ1v) is 5.01. The monoisotopic (exact) mass is 210 g/mol. The van der Waals surface area contributed by atoms with Crippen molar-refractivity contribution in [1.82, 2.24) is 10.3 Å². The van der Waals surface area contributed by atoms with Crippen LogP contribution in [0.4, 0.5) is 0 Å². The summed E-state index contributed by atoms with van der Waals surface area (Å²) in [6.07, 6.45) is 3.41. The quantitative estimate of drug-likeness (QED) is 0.751. The minimum atomic E-state index is 0.109. The van der Waals surface area contributed by atoms with Gasteiger partial charge in [-0.25, -0.2) is 4.98 Å². The van der Waals surface area contributed by atoms with E-state index in [9.17, 15) is 4.79 Å². The predicted octanol–water partition coefficient (Wildman–Crippen LogP) is 1.41. The molecule has 0 saturated carbocycles. The lowest BCUT2D eigenvalue weighted by Crippen LogP contribution is -2.20. The van der Waals surface area contributed by atoms with E-state index in [4.69, 9.17) is 11.6 Å². The van der Waals surface area contributed by atoms with Gasteiger partial charge in [-0.2, -0.15) is 0 Å². The molecule has 1 aromatic heterocycles. The zero-order valence-corrected chi connectivity index (χ0v) is 8.42. The molecule has 0 aromatic carbocycles. The van der Waals surface area contributed by atoms with E-state index in [0.29, 0.717) is 5.15 Å². The molecule has 4 heteroatoms. The van der Waals surface area contributed by atoms with Crippen LogP contribution in [0.2, 0.25) is 5.15 Å². The Kier molecular flexibility index (Phi) is 2.68. The van der Waals surface area contributed by atoms with Crippen LogP contribution >= 0.6 is 11.6 Å². The number of aromatic nitrogens is 1. The summed E-state index contributed by atoms with van der Waals surface area (Å²) >= 11 is 5.67. The fourth-order valence-corrected chi connectivity index (χ4v) is 1.76. The topological polar surface area (TPSA) is 42.0 Å². The minimum Gasteiger partial charge on any atom is -0.356 e. The normalized spacial score (nSPS) is 20.9. The Hall–Kier alpha value is -1.09.